The van der Waals surface area contributed by atoms with Crippen LogP contribution in [0.2, 0.25) is 10.3 Å². The SMILES string of the molecule is CC1(C)CCCNC1C(=O)Nc1c(Cl)ncnc1Cl. The fraction of sp³-hybridized carbons (Fsp3) is 0.583. The number of nitrogens with zero attached hydrogens (tertiary/aromatic N) is 2. The minimum Gasteiger partial charge on any atom is -0.320 e. The number of hydrogen-bond donors (Lipinski definition) is 2. The Balaban J connectivity index is 2.17. The molecule has 1 unspecified atom stereocenters. The zero-order valence-corrected chi connectivity index (χ0v) is 12.3. The summed E-state index contributed by atoms with van der Waals surface area (Å²) >= 11 is 11.8. The average Bonchev–Trinajstić information content (AvgIpc) is 2.33. The lowest BCUT2D eigenvalue weighted by molar-refractivity contribution is -0.121. The minimum absolute atomic E-state index is 0.114. The number of piperidine rings is 1. The summed E-state index contributed by atoms with van der Waals surface area (Å²) in [7, 11) is 0. The van der Waals surface area contributed by atoms with Crippen molar-refractivity contribution in [2.45, 2.75) is 32.7 Å². The molecule has 19 heavy (non-hydrogen) atoms. The van der Waals surface area contributed by atoms with Crippen LogP contribution in [0.15, 0.2) is 6.33 Å². The van der Waals surface area contributed by atoms with Gasteiger partial charge in [0, 0.05) is 0 Å². The number of amides is 1. The predicted molar refractivity (Wildman–Crippen MR) is 75.5 cm³/mol. The summed E-state index contributed by atoms with van der Waals surface area (Å²) in [5, 5.41) is 6.22. The van der Waals surface area contributed by atoms with Crippen LogP contribution in [0.1, 0.15) is 26.7 Å². The molecule has 104 valence electrons. The minimum atomic E-state index is -0.284. The second-order valence-corrected chi connectivity index (χ2v) is 6.01. The number of carbonyl (C=O) groups excluding carboxylic acids is 1. The Kier molecular flexibility index (Phi) is 4.28. The molecule has 1 aliphatic rings. The lowest BCUT2D eigenvalue weighted by Gasteiger charge is -2.38. The highest BCUT2D eigenvalue weighted by Crippen LogP contribution is 2.32. The van der Waals surface area contributed by atoms with Crippen molar-refractivity contribution >= 4 is 34.8 Å². The third kappa shape index (κ3) is 3.16. The predicted octanol–water partition coefficient (Wildman–Crippen LogP) is 2.50. The maximum absolute atomic E-state index is 12.3. The summed E-state index contributed by atoms with van der Waals surface area (Å²) < 4.78 is 0. The van der Waals surface area contributed by atoms with Gasteiger partial charge in [-0.05, 0) is 24.8 Å². The van der Waals surface area contributed by atoms with Crippen molar-refractivity contribution in [1.82, 2.24) is 15.3 Å². The van der Waals surface area contributed by atoms with Crippen LogP contribution in [-0.2, 0) is 4.79 Å². The summed E-state index contributed by atoms with van der Waals surface area (Å²) in [4.78, 5) is 20.0. The molecule has 1 aromatic heterocycles. The number of anilines is 1. The monoisotopic (exact) mass is 302 g/mol. The molecule has 5 nitrogen and oxygen atoms in total. The topological polar surface area (TPSA) is 66.9 Å². The lowest BCUT2D eigenvalue weighted by atomic mass is 9.77. The zero-order chi connectivity index (χ0) is 14.0. The first-order valence-corrected chi connectivity index (χ1v) is 6.87. The standard InChI is InChI=1S/C12H16Cl2N4O/c1-12(2)4-3-5-15-8(12)11(19)18-7-9(13)16-6-17-10(7)14/h6,8,15H,3-5H2,1-2H3,(H,18,19). The highest BCUT2D eigenvalue weighted by atomic mass is 35.5. The van der Waals surface area contributed by atoms with E-state index in [1.54, 1.807) is 0 Å². The molecule has 0 aliphatic carbocycles. The van der Waals surface area contributed by atoms with Gasteiger partial charge in [0.1, 0.15) is 12.0 Å². The van der Waals surface area contributed by atoms with Gasteiger partial charge in [0.05, 0.1) is 6.04 Å². The average molecular weight is 303 g/mol. The van der Waals surface area contributed by atoms with Crippen molar-refractivity contribution in [3.8, 4) is 0 Å². The summed E-state index contributed by atoms with van der Waals surface area (Å²) in [6.45, 7) is 4.95. The van der Waals surface area contributed by atoms with Crippen LogP contribution in [0.5, 0.6) is 0 Å². The highest BCUT2D eigenvalue weighted by molar-refractivity contribution is 6.38. The van der Waals surface area contributed by atoms with Crippen molar-refractivity contribution in [2.75, 3.05) is 11.9 Å². The van der Waals surface area contributed by atoms with Crippen LogP contribution in [0.25, 0.3) is 0 Å². The Bertz CT molecular complexity index is 472. The van der Waals surface area contributed by atoms with Gasteiger partial charge < -0.3 is 10.6 Å². The lowest BCUT2D eigenvalue weighted by Crippen LogP contribution is -2.53. The molecule has 7 heteroatoms. The van der Waals surface area contributed by atoms with E-state index in [9.17, 15) is 4.79 Å². The number of halogens is 2. The Morgan fingerprint density at radius 1 is 1.42 bits per heavy atom. The van der Waals surface area contributed by atoms with E-state index in [2.05, 4.69) is 34.4 Å². The number of hydrogen-bond acceptors (Lipinski definition) is 4. The van der Waals surface area contributed by atoms with Crippen LogP contribution < -0.4 is 10.6 Å². The van der Waals surface area contributed by atoms with Crippen LogP contribution >= 0.6 is 23.2 Å². The van der Waals surface area contributed by atoms with E-state index in [1.807, 2.05) is 0 Å². The van der Waals surface area contributed by atoms with E-state index < -0.39 is 0 Å². The first-order valence-electron chi connectivity index (χ1n) is 6.12. The quantitative estimate of drug-likeness (QED) is 0.824. The van der Waals surface area contributed by atoms with Crippen molar-refractivity contribution in [2.24, 2.45) is 5.41 Å². The molecule has 2 heterocycles. The molecule has 0 radical (unpaired) electrons. The molecular weight excluding hydrogens is 287 g/mol. The van der Waals surface area contributed by atoms with E-state index >= 15 is 0 Å². The fourth-order valence-electron chi connectivity index (χ4n) is 2.30. The molecule has 1 aliphatic heterocycles. The van der Waals surface area contributed by atoms with E-state index in [0.717, 1.165) is 19.4 Å². The molecule has 0 saturated carbocycles. The van der Waals surface area contributed by atoms with Crippen LogP contribution in [0, 0.1) is 5.41 Å². The first kappa shape index (κ1) is 14.5. The van der Waals surface area contributed by atoms with Crippen molar-refractivity contribution in [3.05, 3.63) is 16.6 Å². The molecule has 0 spiro atoms. The third-order valence-electron chi connectivity index (χ3n) is 3.39. The van der Waals surface area contributed by atoms with E-state index in [0.29, 0.717) is 0 Å². The smallest absolute Gasteiger partial charge is 0.242 e. The van der Waals surface area contributed by atoms with Gasteiger partial charge in [-0.3, -0.25) is 4.79 Å². The maximum atomic E-state index is 12.3. The highest BCUT2D eigenvalue weighted by Gasteiger charge is 2.37. The van der Waals surface area contributed by atoms with Gasteiger partial charge in [0.25, 0.3) is 0 Å². The van der Waals surface area contributed by atoms with Gasteiger partial charge in [-0.2, -0.15) is 0 Å². The van der Waals surface area contributed by atoms with E-state index in [4.69, 9.17) is 23.2 Å². The van der Waals surface area contributed by atoms with E-state index in [-0.39, 0.29) is 33.4 Å². The maximum Gasteiger partial charge on any atom is 0.242 e. The summed E-state index contributed by atoms with van der Waals surface area (Å²) in [5.41, 5.74) is 0.149. The molecule has 1 atom stereocenters. The van der Waals surface area contributed by atoms with Crippen LogP contribution in [0.4, 0.5) is 5.69 Å². The molecule has 1 fully saturated rings. The molecule has 1 saturated heterocycles. The van der Waals surface area contributed by atoms with E-state index in [1.165, 1.54) is 6.33 Å². The number of nitrogens with one attached hydrogen (secondary N) is 2. The second kappa shape index (κ2) is 5.61. The largest absolute Gasteiger partial charge is 0.320 e. The van der Waals surface area contributed by atoms with Crippen molar-refractivity contribution in [3.63, 3.8) is 0 Å². The zero-order valence-electron chi connectivity index (χ0n) is 10.8. The van der Waals surface area contributed by atoms with Gasteiger partial charge in [-0.1, -0.05) is 37.0 Å². The molecule has 0 aromatic carbocycles. The molecule has 2 N–H and O–H groups in total. The number of rotatable bonds is 2. The Morgan fingerprint density at radius 2 is 2.05 bits per heavy atom. The Hall–Kier alpha value is -0.910. The van der Waals surface area contributed by atoms with Gasteiger partial charge in [-0.15, -0.1) is 0 Å². The fourth-order valence-corrected chi connectivity index (χ4v) is 2.71. The summed E-state index contributed by atoms with van der Waals surface area (Å²) in [6.07, 6.45) is 3.31. The second-order valence-electron chi connectivity index (χ2n) is 5.30. The van der Waals surface area contributed by atoms with Gasteiger partial charge in [0.2, 0.25) is 5.91 Å². The van der Waals surface area contributed by atoms with Crippen LogP contribution in [0.3, 0.4) is 0 Å². The molecule has 2 rings (SSSR count). The molecule has 1 aromatic rings. The van der Waals surface area contributed by atoms with Crippen molar-refractivity contribution < 1.29 is 4.79 Å². The van der Waals surface area contributed by atoms with Gasteiger partial charge >= 0.3 is 0 Å². The molecule has 0 bridgehead atoms. The molecular formula is C12H16Cl2N4O. The Morgan fingerprint density at radius 3 is 2.63 bits per heavy atom. The van der Waals surface area contributed by atoms with Crippen molar-refractivity contribution in [1.29, 1.82) is 0 Å². The number of carbonyl (C=O) groups is 1. The van der Waals surface area contributed by atoms with Gasteiger partial charge in [0.15, 0.2) is 10.3 Å². The normalized spacial score (nSPS) is 22.0. The number of aromatic nitrogens is 2. The van der Waals surface area contributed by atoms with Crippen LogP contribution in [-0.4, -0.2) is 28.5 Å². The van der Waals surface area contributed by atoms with Gasteiger partial charge in [-0.25, -0.2) is 9.97 Å². The Labute approximate surface area is 122 Å². The summed E-state index contributed by atoms with van der Waals surface area (Å²) in [5.74, 6) is -0.164. The molecule has 1 amide bonds. The first-order chi connectivity index (χ1) is 8.92. The summed E-state index contributed by atoms with van der Waals surface area (Å²) in [6, 6.07) is -0.284. The third-order valence-corrected chi connectivity index (χ3v) is 3.97.